The van der Waals surface area contributed by atoms with Crippen molar-refractivity contribution in [3.63, 3.8) is 0 Å². The van der Waals surface area contributed by atoms with Crippen LogP contribution in [0.2, 0.25) is 5.02 Å². The van der Waals surface area contributed by atoms with E-state index in [9.17, 15) is 19.5 Å². The topological polar surface area (TPSA) is 112 Å². The van der Waals surface area contributed by atoms with Crippen LogP contribution in [-0.4, -0.2) is 53.7 Å². The Balaban J connectivity index is 1.51. The van der Waals surface area contributed by atoms with E-state index in [1.165, 1.54) is 19.4 Å². The number of rotatable bonds is 6. The van der Waals surface area contributed by atoms with Crippen molar-refractivity contribution in [3.05, 3.63) is 64.3 Å². The van der Waals surface area contributed by atoms with Gasteiger partial charge in [0.15, 0.2) is 6.23 Å². The number of carbonyl (C=O) groups excluding carboxylic acids is 3. The molecule has 3 N–H and O–H groups in total. The Morgan fingerprint density at radius 2 is 2.06 bits per heavy atom. The van der Waals surface area contributed by atoms with E-state index in [0.717, 1.165) is 5.56 Å². The van der Waals surface area contributed by atoms with Crippen molar-refractivity contribution in [2.45, 2.75) is 25.6 Å². The molecule has 1 aliphatic heterocycles. The van der Waals surface area contributed by atoms with Crippen molar-refractivity contribution in [1.29, 1.82) is 0 Å². The molecule has 4 rings (SSSR count). The zero-order valence-corrected chi connectivity index (χ0v) is 18.3. The minimum absolute atomic E-state index is 0.203. The molecule has 2 aromatic carbocycles. The number of fused-ring (bicyclic) bond motifs is 1. The maximum Gasteiger partial charge on any atom is 0.337 e. The van der Waals surface area contributed by atoms with Crippen molar-refractivity contribution < 1.29 is 24.2 Å². The number of halogens is 1. The maximum atomic E-state index is 12.9. The number of hydrogen-bond acceptors (Lipinski definition) is 6. The number of benzene rings is 2. The predicted molar refractivity (Wildman–Crippen MR) is 120 cm³/mol. The number of Topliss-reactive ketones (excluding diaryl/α,β-unsaturated/α-hetero) is 1. The molecule has 2 heterocycles. The lowest BCUT2D eigenvalue weighted by atomic mass is 10.1. The zero-order chi connectivity index (χ0) is 23.0. The van der Waals surface area contributed by atoms with Crippen LogP contribution < -0.4 is 10.2 Å². The lowest BCUT2D eigenvalue weighted by Gasteiger charge is -2.20. The molecule has 32 heavy (non-hydrogen) atoms. The standard InChI is InChI=1S/C23H22ClN3O5/c1-12-3-6-19(16(24)9-12)27-8-7-18(22(27)30)26-21(29)20(28)15-11-25-17-5-4-13(10-14(15)17)23(31)32-2/h3-6,9-11,18,21,25-26,29H,7-8H2,1-2H3. The average Bonchev–Trinajstić information content (AvgIpc) is 3.36. The third-order valence-electron chi connectivity index (χ3n) is 5.58. The fourth-order valence-corrected chi connectivity index (χ4v) is 4.22. The van der Waals surface area contributed by atoms with Gasteiger partial charge in [0, 0.05) is 29.2 Å². The first-order valence-corrected chi connectivity index (χ1v) is 10.4. The van der Waals surface area contributed by atoms with Crippen molar-refractivity contribution in [3.8, 4) is 0 Å². The number of aryl methyl sites for hydroxylation is 1. The molecule has 0 aliphatic carbocycles. The summed E-state index contributed by atoms with van der Waals surface area (Å²) in [4.78, 5) is 42.1. The van der Waals surface area contributed by atoms with E-state index in [1.807, 2.05) is 13.0 Å². The predicted octanol–water partition coefficient (Wildman–Crippen LogP) is 2.81. The number of amides is 1. The van der Waals surface area contributed by atoms with Crippen LogP contribution in [0, 0.1) is 6.92 Å². The minimum atomic E-state index is -1.60. The quantitative estimate of drug-likeness (QED) is 0.299. The second-order valence-electron chi connectivity index (χ2n) is 7.67. The summed E-state index contributed by atoms with van der Waals surface area (Å²) >= 11 is 6.29. The monoisotopic (exact) mass is 455 g/mol. The van der Waals surface area contributed by atoms with Crippen LogP contribution in [-0.2, 0) is 9.53 Å². The highest BCUT2D eigenvalue weighted by molar-refractivity contribution is 6.34. The zero-order valence-electron chi connectivity index (χ0n) is 17.5. The number of aliphatic hydroxyl groups is 1. The first-order chi connectivity index (χ1) is 15.3. The lowest BCUT2D eigenvalue weighted by molar-refractivity contribution is -0.119. The molecule has 0 bridgehead atoms. The number of ketones is 1. The van der Waals surface area contributed by atoms with E-state index < -0.39 is 24.0 Å². The molecule has 8 nitrogen and oxygen atoms in total. The highest BCUT2D eigenvalue weighted by atomic mass is 35.5. The SMILES string of the molecule is COC(=O)c1ccc2[nH]cc(C(=O)C(O)NC3CCN(c4ccc(C)cc4Cl)C3=O)c2c1. The van der Waals surface area contributed by atoms with Gasteiger partial charge >= 0.3 is 5.97 Å². The van der Waals surface area contributed by atoms with E-state index in [-0.39, 0.29) is 17.0 Å². The summed E-state index contributed by atoms with van der Waals surface area (Å²) in [7, 11) is 1.27. The Bertz CT molecular complexity index is 1220. The number of hydrogen-bond donors (Lipinski definition) is 3. The fourth-order valence-electron chi connectivity index (χ4n) is 3.89. The number of H-pyrrole nitrogens is 1. The fraction of sp³-hybridized carbons (Fsp3) is 0.261. The molecule has 9 heteroatoms. The van der Waals surface area contributed by atoms with E-state index >= 15 is 0 Å². The molecule has 0 spiro atoms. The van der Waals surface area contributed by atoms with E-state index in [1.54, 1.807) is 29.2 Å². The van der Waals surface area contributed by atoms with Crippen LogP contribution in [0.3, 0.4) is 0 Å². The first kappa shape index (κ1) is 22.0. The Labute approximate surface area is 189 Å². The van der Waals surface area contributed by atoms with Gasteiger partial charge < -0.3 is 19.7 Å². The number of methoxy groups -OCH3 is 1. The Kier molecular flexibility index (Phi) is 6.01. The van der Waals surface area contributed by atoms with Gasteiger partial charge in [-0.3, -0.25) is 14.9 Å². The van der Waals surface area contributed by atoms with Crippen LogP contribution in [0.25, 0.3) is 10.9 Å². The Hall–Kier alpha value is -3.20. The molecule has 1 fully saturated rings. The largest absolute Gasteiger partial charge is 0.465 e. The molecule has 2 unspecified atom stereocenters. The number of nitrogens with one attached hydrogen (secondary N) is 2. The minimum Gasteiger partial charge on any atom is -0.465 e. The summed E-state index contributed by atoms with van der Waals surface area (Å²) in [5.41, 5.74) is 2.70. The third-order valence-corrected chi connectivity index (χ3v) is 5.88. The summed E-state index contributed by atoms with van der Waals surface area (Å²) in [6.45, 7) is 2.32. The second-order valence-corrected chi connectivity index (χ2v) is 8.08. The van der Waals surface area contributed by atoms with Gasteiger partial charge in [0.25, 0.3) is 0 Å². The van der Waals surface area contributed by atoms with Gasteiger partial charge in [0.05, 0.1) is 29.4 Å². The van der Waals surface area contributed by atoms with E-state index in [4.69, 9.17) is 16.3 Å². The van der Waals surface area contributed by atoms with Gasteiger partial charge in [-0.25, -0.2) is 4.79 Å². The summed E-state index contributed by atoms with van der Waals surface area (Å²) in [6.07, 6.45) is 0.278. The van der Waals surface area contributed by atoms with Gasteiger partial charge in [-0.05, 0) is 49.2 Å². The molecule has 1 aromatic heterocycles. The van der Waals surface area contributed by atoms with Crippen molar-refractivity contribution in [1.82, 2.24) is 10.3 Å². The number of aromatic amines is 1. The number of nitrogens with zero attached hydrogens (tertiary/aromatic N) is 1. The van der Waals surface area contributed by atoms with Crippen LogP contribution in [0.15, 0.2) is 42.6 Å². The van der Waals surface area contributed by atoms with Gasteiger partial charge in [-0.1, -0.05) is 17.7 Å². The molecular formula is C23H22ClN3O5. The summed E-state index contributed by atoms with van der Waals surface area (Å²) in [5.74, 6) is -1.41. The summed E-state index contributed by atoms with van der Waals surface area (Å²) in [5, 5.41) is 14.2. The number of carbonyl (C=O) groups is 3. The molecule has 1 amide bonds. The van der Waals surface area contributed by atoms with E-state index in [0.29, 0.717) is 34.6 Å². The first-order valence-electron chi connectivity index (χ1n) is 10.1. The molecule has 2 atom stereocenters. The maximum absolute atomic E-state index is 12.9. The van der Waals surface area contributed by atoms with Crippen LogP contribution >= 0.6 is 11.6 Å². The van der Waals surface area contributed by atoms with Gasteiger partial charge in [0.2, 0.25) is 11.7 Å². The second kappa shape index (κ2) is 8.74. The van der Waals surface area contributed by atoms with Crippen molar-refractivity contribution in [2.75, 3.05) is 18.6 Å². The van der Waals surface area contributed by atoms with Gasteiger partial charge in [-0.2, -0.15) is 0 Å². The van der Waals surface area contributed by atoms with Crippen LogP contribution in [0.5, 0.6) is 0 Å². The number of esters is 1. The van der Waals surface area contributed by atoms with Crippen molar-refractivity contribution in [2.24, 2.45) is 0 Å². The molecule has 1 saturated heterocycles. The number of aromatic nitrogens is 1. The Morgan fingerprint density at radius 3 is 2.78 bits per heavy atom. The summed E-state index contributed by atoms with van der Waals surface area (Å²) in [6, 6.07) is 9.46. The number of anilines is 1. The van der Waals surface area contributed by atoms with E-state index in [2.05, 4.69) is 10.3 Å². The molecule has 0 saturated carbocycles. The van der Waals surface area contributed by atoms with Gasteiger partial charge in [0.1, 0.15) is 0 Å². The highest BCUT2D eigenvalue weighted by Gasteiger charge is 2.36. The Morgan fingerprint density at radius 1 is 1.28 bits per heavy atom. The van der Waals surface area contributed by atoms with Crippen molar-refractivity contribution >= 4 is 45.9 Å². The van der Waals surface area contributed by atoms with Crippen LogP contribution in [0.1, 0.15) is 32.7 Å². The average molecular weight is 456 g/mol. The molecule has 166 valence electrons. The lowest BCUT2D eigenvalue weighted by Crippen LogP contribution is -2.47. The molecular weight excluding hydrogens is 434 g/mol. The summed E-state index contributed by atoms with van der Waals surface area (Å²) < 4.78 is 4.72. The number of aliphatic hydroxyl groups excluding tert-OH is 1. The normalized spacial score (nSPS) is 17.1. The molecule has 3 aromatic rings. The number of ether oxygens (including phenoxy) is 1. The molecule has 0 radical (unpaired) electrons. The smallest absolute Gasteiger partial charge is 0.337 e. The highest BCUT2D eigenvalue weighted by Crippen LogP contribution is 2.30. The molecule has 1 aliphatic rings. The van der Waals surface area contributed by atoms with Gasteiger partial charge in [-0.15, -0.1) is 0 Å². The third kappa shape index (κ3) is 4.00. The van der Waals surface area contributed by atoms with Crippen LogP contribution in [0.4, 0.5) is 5.69 Å².